The van der Waals surface area contributed by atoms with Crippen molar-refractivity contribution >= 4 is 22.6 Å². The molecule has 0 N–H and O–H groups in total. The number of alkyl halides is 3. The summed E-state index contributed by atoms with van der Waals surface area (Å²) in [6.07, 6.45) is -2.56. The molecule has 1 rings (SSSR count). The highest BCUT2D eigenvalue weighted by atomic mass is 127. The third-order valence-electron chi connectivity index (χ3n) is 1.26. The van der Waals surface area contributed by atoms with E-state index < -0.39 is 13.1 Å². The number of rotatable bonds is 2. The third kappa shape index (κ3) is 2.33. The van der Waals surface area contributed by atoms with E-state index in [1.54, 1.807) is 22.6 Å². The minimum Gasteiger partial charge on any atom is -0.244 e. The Morgan fingerprint density at radius 2 is 2.08 bits per heavy atom. The molecule has 1 aromatic rings. The van der Waals surface area contributed by atoms with E-state index in [9.17, 15) is 13.2 Å². The van der Waals surface area contributed by atoms with Crippen molar-refractivity contribution in [2.24, 2.45) is 0 Å². The maximum Gasteiger partial charge on any atom is 0.264 e. The molecule has 0 bridgehead atoms. The second-order valence-electron chi connectivity index (χ2n) is 2.15. The van der Waals surface area contributed by atoms with Gasteiger partial charge in [-0.25, -0.2) is 18.2 Å². The molecule has 0 amide bonds. The Hall–Kier alpha value is -0.330. The van der Waals surface area contributed by atoms with Crippen LogP contribution in [0.15, 0.2) is 12.1 Å². The zero-order valence-corrected chi connectivity index (χ0v) is 8.06. The Labute approximate surface area is 81.1 Å². The van der Waals surface area contributed by atoms with Crippen LogP contribution in [0.25, 0.3) is 0 Å². The van der Waals surface area contributed by atoms with Crippen LogP contribution in [0, 0.1) is 3.70 Å². The molecule has 0 fully saturated rings. The van der Waals surface area contributed by atoms with E-state index in [0.29, 0.717) is 3.70 Å². The average molecular weight is 287 g/mol. The number of hydrogen-bond donors (Lipinski definition) is 0. The number of halogens is 4. The van der Waals surface area contributed by atoms with Crippen LogP contribution in [0.2, 0.25) is 0 Å². The first-order chi connectivity index (χ1) is 5.63. The first-order valence-electron chi connectivity index (χ1n) is 3.14. The molecular weight excluding hydrogens is 282 g/mol. The molecule has 0 spiro atoms. The molecule has 1 nitrogen and oxygen atoms in total. The summed E-state index contributed by atoms with van der Waals surface area (Å²) in [4.78, 5) is 3.71. The first kappa shape index (κ1) is 9.76. The Morgan fingerprint density at radius 1 is 1.42 bits per heavy atom. The minimum atomic E-state index is -2.56. The quantitative estimate of drug-likeness (QED) is 0.601. The molecule has 0 atom stereocenters. The number of hydrogen-bond acceptors (Lipinski definition) is 1. The number of nitrogens with zero attached hydrogens (tertiary/aromatic N) is 1. The second-order valence-corrected chi connectivity index (χ2v) is 3.25. The first-order valence-corrected chi connectivity index (χ1v) is 4.22. The van der Waals surface area contributed by atoms with Gasteiger partial charge < -0.3 is 0 Å². The predicted octanol–water partition coefficient (Wildman–Crippen LogP) is 3.09. The molecule has 0 saturated carbocycles. The van der Waals surface area contributed by atoms with Crippen LogP contribution in [0.3, 0.4) is 0 Å². The molecule has 5 heteroatoms. The zero-order valence-electron chi connectivity index (χ0n) is 5.90. The molecule has 12 heavy (non-hydrogen) atoms. The Balaban J connectivity index is 3.06. The molecule has 1 heterocycles. The molecule has 0 saturated heterocycles. The van der Waals surface area contributed by atoms with E-state index in [4.69, 9.17) is 0 Å². The van der Waals surface area contributed by atoms with Gasteiger partial charge in [0.05, 0.1) is 5.69 Å². The van der Waals surface area contributed by atoms with Gasteiger partial charge in [-0.2, -0.15) is 0 Å². The average Bonchev–Trinajstić information content (AvgIpc) is 2.03. The molecule has 66 valence electrons. The highest BCUT2D eigenvalue weighted by molar-refractivity contribution is 14.1. The lowest BCUT2D eigenvalue weighted by molar-refractivity contribution is 0.151. The summed E-state index contributed by atoms with van der Waals surface area (Å²) in [5, 5.41) is 0. The smallest absolute Gasteiger partial charge is 0.244 e. The topological polar surface area (TPSA) is 12.9 Å². The van der Waals surface area contributed by atoms with Crippen LogP contribution in [-0.4, -0.2) is 4.98 Å². The van der Waals surface area contributed by atoms with E-state index >= 15 is 0 Å². The van der Waals surface area contributed by atoms with Crippen molar-refractivity contribution in [2.75, 3.05) is 0 Å². The lowest BCUT2D eigenvalue weighted by Gasteiger charge is -2.01. The molecule has 0 aromatic carbocycles. The van der Waals surface area contributed by atoms with Crippen LogP contribution in [-0.2, 0) is 6.67 Å². The van der Waals surface area contributed by atoms with Gasteiger partial charge in [-0.15, -0.1) is 0 Å². The van der Waals surface area contributed by atoms with Crippen LogP contribution >= 0.6 is 22.6 Å². The lowest BCUT2D eigenvalue weighted by Crippen LogP contribution is -1.94. The summed E-state index contributed by atoms with van der Waals surface area (Å²) in [6, 6.07) is 2.32. The lowest BCUT2D eigenvalue weighted by atomic mass is 10.2. The van der Waals surface area contributed by atoms with Crippen molar-refractivity contribution < 1.29 is 13.2 Å². The summed E-state index contributed by atoms with van der Waals surface area (Å²) >= 11 is 1.78. The van der Waals surface area contributed by atoms with Crippen LogP contribution in [0.5, 0.6) is 0 Å². The van der Waals surface area contributed by atoms with Crippen molar-refractivity contribution in [1.29, 1.82) is 0 Å². The standard InChI is InChI=1S/C7H5F3IN/c8-3-5-1-4(7(9)10)2-6(11)12-5/h1-2,7H,3H2. The minimum absolute atomic E-state index is 0.0530. The van der Waals surface area contributed by atoms with E-state index in [1.807, 2.05) is 0 Å². The number of aromatic nitrogens is 1. The summed E-state index contributed by atoms with van der Waals surface area (Å²) in [5.41, 5.74) is -0.126. The Morgan fingerprint density at radius 3 is 2.58 bits per heavy atom. The number of pyridine rings is 1. The maximum atomic E-state index is 12.1. The van der Waals surface area contributed by atoms with Crippen molar-refractivity contribution in [3.8, 4) is 0 Å². The van der Waals surface area contributed by atoms with Crippen LogP contribution in [0.1, 0.15) is 17.7 Å². The maximum absolute atomic E-state index is 12.1. The molecule has 0 aliphatic rings. The van der Waals surface area contributed by atoms with Crippen LogP contribution < -0.4 is 0 Å². The van der Waals surface area contributed by atoms with Gasteiger partial charge in [-0.1, -0.05) is 0 Å². The normalized spacial score (nSPS) is 10.8. The van der Waals surface area contributed by atoms with E-state index in [1.165, 1.54) is 6.07 Å². The van der Waals surface area contributed by atoms with Crippen molar-refractivity contribution in [3.63, 3.8) is 0 Å². The molecular formula is C7H5F3IN. The molecule has 0 aliphatic heterocycles. The van der Waals surface area contributed by atoms with E-state index in [-0.39, 0.29) is 11.3 Å². The largest absolute Gasteiger partial charge is 0.264 e. The van der Waals surface area contributed by atoms with E-state index in [2.05, 4.69) is 4.98 Å². The highest BCUT2D eigenvalue weighted by Crippen LogP contribution is 2.20. The monoisotopic (exact) mass is 287 g/mol. The van der Waals surface area contributed by atoms with Gasteiger partial charge in [-0.3, -0.25) is 0 Å². The van der Waals surface area contributed by atoms with Gasteiger partial charge in [0.1, 0.15) is 10.4 Å². The Bertz CT molecular complexity index is 277. The molecule has 0 unspecified atom stereocenters. The zero-order chi connectivity index (χ0) is 9.14. The van der Waals surface area contributed by atoms with Crippen molar-refractivity contribution in [2.45, 2.75) is 13.1 Å². The van der Waals surface area contributed by atoms with E-state index in [0.717, 1.165) is 6.07 Å². The van der Waals surface area contributed by atoms with Gasteiger partial charge in [-0.05, 0) is 34.7 Å². The van der Waals surface area contributed by atoms with Crippen LogP contribution in [0.4, 0.5) is 13.2 Å². The van der Waals surface area contributed by atoms with Gasteiger partial charge in [0.25, 0.3) is 6.43 Å². The fraction of sp³-hybridized carbons (Fsp3) is 0.286. The third-order valence-corrected chi connectivity index (χ3v) is 1.81. The second kappa shape index (κ2) is 4.06. The van der Waals surface area contributed by atoms with Gasteiger partial charge >= 0.3 is 0 Å². The predicted molar refractivity (Wildman–Crippen MR) is 46.7 cm³/mol. The summed E-state index contributed by atoms with van der Waals surface area (Å²) in [6.45, 7) is -0.809. The summed E-state index contributed by atoms with van der Waals surface area (Å²) in [7, 11) is 0. The fourth-order valence-corrected chi connectivity index (χ4v) is 1.44. The Kier molecular flexibility index (Phi) is 3.30. The highest BCUT2D eigenvalue weighted by Gasteiger charge is 2.09. The SMILES string of the molecule is FCc1cc(C(F)F)cc(I)n1. The van der Waals surface area contributed by atoms with Crippen molar-refractivity contribution in [1.82, 2.24) is 4.98 Å². The van der Waals surface area contributed by atoms with Gasteiger partial charge in [0.2, 0.25) is 0 Å². The summed E-state index contributed by atoms with van der Waals surface area (Å²) in [5.74, 6) is 0. The fourth-order valence-electron chi connectivity index (χ4n) is 0.768. The molecule has 0 radical (unpaired) electrons. The molecule has 1 aromatic heterocycles. The molecule has 0 aliphatic carbocycles. The van der Waals surface area contributed by atoms with Crippen molar-refractivity contribution in [3.05, 3.63) is 27.1 Å². The van der Waals surface area contributed by atoms with Gasteiger partial charge in [0.15, 0.2) is 0 Å². The van der Waals surface area contributed by atoms with Gasteiger partial charge in [0, 0.05) is 5.56 Å². The summed E-state index contributed by atoms with van der Waals surface area (Å²) < 4.78 is 36.6.